The van der Waals surface area contributed by atoms with Gasteiger partial charge in [-0.05, 0) is 25.8 Å². The first kappa shape index (κ1) is 18.3. The van der Waals surface area contributed by atoms with E-state index >= 15 is 0 Å². The number of hydrogen-bond acceptors (Lipinski definition) is 7. The highest BCUT2D eigenvalue weighted by Crippen LogP contribution is 2.30. The maximum absolute atomic E-state index is 12.4. The molecule has 0 saturated carbocycles. The smallest absolute Gasteiger partial charge is 0.375 e. The number of amides is 3. The Morgan fingerprint density at radius 3 is 3.00 bits per heavy atom. The first-order valence-electron chi connectivity index (χ1n) is 8.22. The van der Waals surface area contributed by atoms with Crippen LogP contribution in [-0.4, -0.2) is 85.8 Å². The van der Waals surface area contributed by atoms with Gasteiger partial charge in [-0.15, -0.1) is 4.28 Å². The maximum atomic E-state index is 12.4. The van der Waals surface area contributed by atoms with Crippen molar-refractivity contribution in [2.24, 2.45) is 0 Å². The van der Waals surface area contributed by atoms with Crippen molar-refractivity contribution in [1.82, 2.24) is 20.6 Å². The molecule has 0 radical (unpaired) electrons. The molecular weight excluding hydrogens is 356 g/mol. The molecule has 2 bridgehead atoms. The number of fused-ring (bicyclic) bond motifs is 2. The number of ether oxygens (including phenoxy) is 1. The Morgan fingerprint density at radius 2 is 2.24 bits per heavy atom. The second-order valence-electron chi connectivity index (χ2n) is 6.31. The Balaban J connectivity index is 1.56. The lowest BCUT2D eigenvalue weighted by Crippen LogP contribution is -2.51. The quantitative estimate of drug-likeness (QED) is 0.491. The number of hydroxylamine groups is 2. The topological polar surface area (TPSA) is 138 Å². The average Bonchev–Trinajstić information content (AvgIpc) is 2.77. The minimum absolute atomic E-state index is 0.128. The van der Waals surface area contributed by atoms with E-state index in [9.17, 15) is 18.0 Å². The summed E-state index contributed by atoms with van der Waals surface area (Å²) >= 11 is 0. The van der Waals surface area contributed by atoms with Crippen molar-refractivity contribution in [3.05, 3.63) is 0 Å². The van der Waals surface area contributed by atoms with Crippen LogP contribution in [0, 0.1) is 0 Å². The Kier molecular flexibility index (Phi) is 5.43. The second-order valence-corrected chi connectivity index (χ2v) is 7.31. The third kappa shape index (κ3) is 4.39. The fourth-order valence-electron chi connectivity index (χ4n) is 3.34. The molecule has 3 fully saturated rings. The lowest BCUT2D eigenvalue weighted by atomic mass is 10.0. The first-order valence-corrected chi connectivity index (χ1v) is 9.58. The van der Waals surface area contributed by atoms with Crippen LogP contribution in [0.5, 0.6) is 0 Å². The molecule has 3 atom stereocenters. The van der Waals surface area contributed by atoms with E-state index in [0.29, 0.717) is 37.6 Å². The minimum atomic E-state index is -4.79. The van der Waals surface area contributed by atoms with Gasteiger partial charge in [0.1, 0.15) is 6.04 Å². The van der Waals surface area contributed by atoms with Crippen LogP contribution in [-0.2, 0) is 24.2 Å². The summed E-state index contributed by atoms with van der Waals surface area (Å²) in [6.07, 6.45) is 1.58. The van der Waals surface area contributed by atoms with E-state index in [1.165, 1.54) is 4.90 Å². The molecule has 12 heteroatoms. The molecule has 25 heavy (non-hydrogen) atoms. The normalized spacial score (nSPS) is 30.3. The summed E-state index contributed by atoms with van der Waals surface area (Å²) in [7, 11) is -4.79. The number of carbonyl (C=O) groups is 2. The van der Waals surface area contributed by atoms with Gasteiger partial charge in [0.15, 0.2) is 0 Å². The van der Waals surface area contributed by atoms with Crippen molar-refractivity contribution >= 4 is 22.3 Å². The van der Waals surface area contributed by atoms with Gasteiger partial charge in [0.05, 0.1) is 12.1 Å². The lowest BCUT2D eigenvalue weighted by molar-refractivity contribution is -0.126. The third-order valence-corrected chi connectivity index (χ3v) is 4.88. The molecule has 3 rings (SSSR count). The highest BCUT2D eigenvalue weighted by Gasteiger charge is 2.49. The molecule has 3 N–H and O–H groups in total. The SMILES string of the molecule is O=C(NC[C@H]1CNCCCO1)C1CCC2CN1C(=O)N2OS(=O)(=O)O. The molecule has 0 aromatic heterocycles. The predicted molar refractivity (Wildman–Crippen MR) is 83.6 cm³/mol. The monoisotopic (exact) mass is 378 g/mol. The van der Waals surface area contributed by atoms with E-state index in [4.69, 9.17) is 9.29 Å². The van der Waals surface area contributed by atoms with Crippen molar-refractivity contribution in [2.75, 3.05) is 32.8 Å². The summed E-state index contributed by atoms with van der Waals surface area (Å²) in [4.78, 5) is 26.0. The fraction of sp³-hybridized carbons (Fsp3) is 0.846. The third-order valence-electron chi connectivity index (χ3n) is 4.53. The number of nitrogens with zero attached hydrogens (tertiary/aromatic N) is 2. The van der Waals surface area contributed by atoms with Crippen molar-refractivity contribution in [1.29, 1.82) is 0 Å². The van der Waals surface area contributed by atoms with E-state index in [1.54, 1.807) is 0 Å². The number of hydrogen-bond donors (Lipinski definition) is 3. The van der Waals surface area contributed by atoms with Crippen LogP contribution in [0.1, 0.15) is 19.3 Å². The molecule has 142 valence electrons. The minimum Gasteiger partial charge on any atom is -0.375 e. The maximum Gasteiger partial charge on any atom is 0.418 e. The molecule has 0 spiro atoms. The van der Waals surface area contributed by atoms with Crippen LogP contribution < -0.4 is 10.6 Å². The molecule has 3 saturated heterocycles. The van der Waals surface area contributed by atoms with Crippen LogP contribution in [0.4, 0.5) is 4.79 Å². The average molecular weight is 378 g/mol. The number of rotatable bonds is 5. The van der Waals surface area contributed by atoms with Crippen molar-refractivity contribution in [2.45, 2.75) is 37.5 Å². The highest BCUT2D eigenvalue weighted by molar-refractivity contribution is 7.80. The number of urea groups is 1. The van der Waals surface area contributed by atoms with Crippen molar-refractivity contribution in [3.63, 3.8) is 0 Å². The molecule has 2 unspecified atom stereocenters. The molecule has 11 nitrogen and oxygen atoms in total. The molecule has 3 amide bonds. The van der Waals surface area contributed by atoms with Gasteiger partial charge in [0, 0.05) is 26.2 Å². The largest absolute Gasteiger partial charge is 0.418 e. The fourth-order valence-corrected chi connectivity index (χ4v) is 3.73. The Morgan fingerprint density at radius 1 is 1.44 bits per heavy atom. The molecule has 0 aromatic rings. The van der Waals surface area contributed by atoms with Gasteiger partial charge in [-0.2, -0.15) is 13.5 Å². The van der Waals surface area contributed by atoms with Crippen LogP contribution in [0.3, 0.4) is 0 Å². The van der Waals surface area contributed by atoms with Gasteiger partial charge in [-0.3, -0.25) is 9.35 Å². The standard InChI is InChI=1S/C13H22N4O7S/c18-12(15-7-10-6-14-4-1-5-23-10)11-3-2-9-8-16(11)13(19)17(9)24-25(20,21)22/h9-11,14H,1-8H2,(H,15,18)(H,20,21,22)/t9?,10-,11?/m1/s1. The van der Waals surface area contributed by atoms with Crippen LogP contribution in [0.15, 0.2) is 0 Å². The van der Waals surface area contributed by atoms with Gasteiger partial charge in [-0.25, -0.2) is 4.79 Å². The second kappa shape index (κ2) is 7.41. The zero-order chi connectivity index (χ0) is 18.0. The Bertz CT molecular complexity index is 620. The van der Waals surface area contributed by atoms with Crippen molar-refractivity contribution < 1.29 is 31.6 Å². The summed E-state index contributed by atoms with van der Waals surface area (Å²) in [6, 6.07) is -1.95. The van der Waals surface area contributed by atoms with Gasteiger partial charge in [0.25, 0.3) is 0 Å². The van der Waals surface area contributed by atoms with Crippen molar-refractivity contribution in [3.8, 4) is 0 Å². The van der Waals surface area contributed by atoms with Gasteiger partial charge in [0.2, 0.25) is 5.91 Å². The molecule has 0 aliphatic carbocycles. The summed E-state index contributed by atoms with van der Waals surface area (Å²) in [6.45, 7) is 2.66. The summed E-state index contributed by atoms with van der Waals surface area (Å²) in [5.41, 5.74) is 0. The highest BCUT2D eigenvalue weighted by atomic mass is 32.3. The van der Waals surface area contributed by atoms with Gasteiger partial charge < -0.3 is 20.3 Å². The molecule has 3 aliphatic rings. The van der Waals surface area contributed by atoms with Crippen LogP contribution in [0.25, 0.3) is 0 Å². The van der Waals surface area contributed by atoms with Crippen LogP contribution in [0.2, 0.25) is 0 Å². The van der Waals surface area contributed by atoms with E-state index in [0.717, 1.165) is 13.0 Å². The first-order chi connectivity index (χ1) is 11.8. The number of nitrogens with one attached hydrogen (secondary N) is 2. The van der Waals surface area contributed by atoms with Crippen LogP contribution >= 0.6 is 0 Å². The predicted octanol–water partition coefficient (Wildman–Crippen LogP) is -1.52. The summed E-state index contributed by atoms with van der Waals surface area (Å²) in [5.74, 6) is -0.312. The van der Waals surface area contributed by atoms with E-state index in [1.807, 2.05) is 0 Å². The summed E-state index contributed by atoms with van der Waals surface area (Å²) in [5, 5.41) is 6.63. The van der Waals surface area contributed by atoms with Gasteiger partial charge >= 0.3 is 16.4 Å². The number of piperidine rings is 1. The zero-order valence-electron chi connectivity index (χ0n) is 13.6. The van der Waals surface area contributed by atoms with Gasteiger partial charge in [-0.1, -0.05) is 0 Å². The molecule has 3 aliphatic heterocycles. The molecule has 3 heterocycles. The van der Waals surface area contributed by atoms with E-state index in [-0.39, 0.29) is 18.6 Å². The molecular formula is C13H22N4O7S. The number of carbonyl (C=O) groups excluding carboxylic acids is 2. The Hall–Kier alpha value is -1.47. The van der Waals surface area contributed by atoms with E-state index in [2.05, 4.69) is 14.9 Å². The zero-order valence-corrected chi connectivity index (χ0v) is 14.4. The summed E-state index contributed by atoms with van der Waals surface area (Å²) < 4.78 is 40.5. The Labute approximate surface area is 145 Å². The molecule has 0 aromatic carbocycles. The van der Waals surface area contributed by atoms with E-state index < -0.39 is 28.5 Å². The lowest BCUT2D eigenvalue weighted by Gasteiger charge is -2.29.